The Balaban J connectivity index is 1.78. The Morgan fingerprint density at radius 3 is 2.57 bits per heavy atom. The highest BCUT2D eigenvalue weighted by Gasteiger charge is 2.34. The van der Waals surface area contributed by atoms with Gasteiger partial charge < -0.3 is 19.7 Å². The van der Waals surface area contributed by atoms with Gasteiger partial charge in [-0.1, -0.05) is 18.2 Å². The molecule has 190 valence electrons. The first-order chi connectivity index (χ1) is 16.6. The number of nitrogen functional groups attached to an aromatic ring is 1. The zero-order valence-corrected chi connectivity index (χ0v) is 20.3. The van der Waals surface area contributed by atoms with Crippen molar-refractivity contribution in [1.82, 2.24) is 24.7 Å². The van der Waals surface area contributed by atoms with Crippen molar-refractivity contribution in [3.8, 4) is 5.75 Å². The number of fused-ring (bicyclic) bond motifs is 1. The number of hydrogen-bond donors (Lipinski definition) is 2. The molecule has 14 heteroatoms. The summed E-state index contributed by atoms with van der Waals surface area (Å²) in [4.78, 5) is 20.1. The molecule has 0 saturated carbocycles. The van der Waals surface area contributed by atoms with Gasteiger partial charge in [-0.3, -0.25) is 9.36 Å². The van der Waals surface area contributed by atoms with Crippen molar-refractivity contribution >= 4 is 25.1 Å². The van der Waals surface area contributed by atoms with Gasteiger partial charge in [0.15, 0.2) is 5.65 Å². The maximum absolute atomic E-state index is 13.9. The number of ether oxygens (including phenoxy) is 2. The molecule has 0 saturated heterocycles. The first kappa shape index (κ1) is 26.5. The summed E-state index contributed by atoms with van der Waals surface area (Å²) in [6.45, 7) is 4.76. The molecule has 2 heterocycles. The van der Waals surface area contributed by atoms with Crippen LogP contribution in [0.3, 0.4) is 0 Å². The van der Waals surface area contributed by atoms with E-state index in [2.05, 4.69) is 20.2 Å². The quantitative estimate of drug-likeness (QED) is 0.275. The normalized spacial score (nSPS) is 15.2. The van der Waals surface area contributed by atoms with Crippen LogP contribution in [-0.4, -0.2) is 56.6 Å². The lowest BCUT2D eigenvalue weighted by atomic mass is 10.1. The van der Waals surface area contributed by atoms with Gasteiger partial charge in [-0.2, -0.15) is 9.61 Å². The summed E-state index contributed by atoms with van der Waals surface area (Å²) < 4.78 is 58.7. The van der Waals surface area contributed by atoms with E-state index in [1.165, 1.54) is 24.0 Å². The number of aromatic nitrogens is 4. The zero-order valence-electron chi connectivity index (χ0n) is 19.4. The van der Waals surface area contributed by atoms with Crippen LogP contribution in [0.5, 0.6) is 5.75 Å². The van der Waals surface area contributed by atoms with Crippen LogP contribution in [0.1, 0.15) is 26.3 Å². The predicted molar refractivity (Wildman–Crippen MR) is 123 cm³/mol. The fourth-order valence-corrected chi connectivity index (χ4v) is 4.80. The summed E-state index contributed by atoms with van der Waals surface area (Å²) >= 11 is 0. The average Bonchev–Trinajstić information content (AvgIpc) is 3.20. The fraction of sp³-hybridized carbons (Fsp3) is 0.429. The Morgan fingerprint density at radius 2 is 1.91 bits per heavy atom. The van der Waals surface area contributed by atoms with E-state index in [4.69, 9.17) is 19.7 Å². The third-order valence-electron chi connectivity index (χ3n) is 4.66. The predicted octanol–water partition coefficient (Wildman–Crippen LogP) is 3.06. The van der Waals surface area contributed by atoms with Crippen LogP contribution < -0.4 is 15.3 Å². The summed E-state index contributed by atoms with van der Waals surface area (Å²) in [5, 5.41) is 6.57. The second-order valence-corrected chi connectivity index (χ2v) is 9.97. The molecule has 3 atom stereocenters. The van der Waals surface area contributed by atoms with Crippen molar-refractivity contribution in [3.05, 3.63) is 48.4 Å². The second kappa shape index (κ2) is 11.5. The van der Waals surface area contributed by atoms with E-state index < -0.39 is 44.5 Å². The number of nitrogens with zero attached hydrogens (tertiary/aromatic N) is 4. The molecule has 35 heavy (non-hydrogen) atoms. The number of nitrogens with one attached hydrogen (secondary N) is 1. The van der Waals surface area contributed by atoms with E-state index in [0.29, 0.717) is 5.56 Å². The van der Waals surface area contributed by atoms with Crippen molar-refractivity contribution in [2.75, 3.05) is 12.1 Å². The van der Waals surface area contributed by atoms with Gasteiger partial charge in [-0.25, -0.2) is 23.8 Å². The number of benzene rings is 1. The van der Waals surface area contributed by atoms with E-state index in [1.807, 2.05) is 0 Å². The molecule has 3 N–H and O–H groups in total. The minimum Gasteiger partial charge on any atom is -0.462 e. The van der Waals surface area contributed by atoms with Gasteiger partial charge in [-0.15, -0.1) is 0 Å². The van der Waals surface area contributed by atoms with Gasteiger partial charge in [0, 0.05) is 12.0 Å². The van der Waals surface area contributed by atoms with Crippen LogP contribution in [0.2, 0.25) is 0 Å². The van der Waals surface area contributed by atoms with E-state index in [-0.39, 0.29) is 23.8 Å². The van der Waals surface area contributed by atoms with Crippen LogP contribution in [0, 0.1) is 0 Å². The molecule has 0 bridgehead atoms. The molecule has 1 aromatic carbocycles. The van der Waals surface area contributed by atoms with Crippen LogP contribution >= 0.6 is 7.52 Å². The van der Waals surface area contributed by atoms with Gasteiger partial charge in [0.05, 0.1) is 12.3 Å². The number of esters is 1. The third-order valence-corrected chi connectivity index (χ3v) is 6.43. The molecular formula is C21H27F2N6O5P. The van der Waals surface area contributed by atoms with Crippen molar-refractivity contribution in [2.24, 2.45) is 0 Å². The minimum absolute atomic E-state index is 0.0444. The van der Waals surface area contributed by atoms with Gasteiger partial charge in [0.25, 0.3) is 6.43 Å². The van der Waals surface area contributed by atoms with Gasteiger partial charge in [0.2, 0.25) is 5.95 Å². The summed E-state index contributed by atoms with van der Waals surface area (Å²) in [5.74, 6) is -0.423. The Morgan fingerprint density at radius 1 is 1.20 bits per heavy atom. The maximum atomic E-state index is 13.9. The Kier molecular flexibility index (Phi) is 8.71. The maximum Gasteiger partial charge on any atom is 0.342 e. The van der Waals surface area contributed by atoms with E-state index in [1.54, 1.807) is 44.2 Å². The molecule has 3 aromatic rings. The molecular weight excluding hydrogens is 485 g/mol. The molecule has 0 aliphatic carbocycles. The molecule has 0 fully saturated rings. The number of nitrogens with two attached hydrogens (primary N) is 1. The molecule has 0 aliphatic rings. The number of carbonyl (C=O) groups is 1. The van der Waals surface area contributed by atoms with E-state index in [0.717, 1.165) is 0 Å². The van der Waals surface area contributed by atoms with Crippen LogP contribution in [0.4, 0.5) is 14.7 Å². The standard InChI is InChI=1S/C21H27F2N6O5P/c1-13(2)33-20(30)14(3)28-35(31,34-16-7-5-4-6-8-16)12-32-17(18(22)23)9-15-10-27-29-19(15)25-11-26-21(29)24/h4-8,10-11,13-14,17-18H,9,12H2,1-3H3,(H,28,31)(H2,24,25,26)/t14-,17-,35+/m0/s1. The zero-order chi connectivity index (χ0) is 25.6. The Labute approximate surface area is 200 Å². The van der Waals surface area contributed by atoms with Crippen molar-refractivity contribution in [3.63, 3.8) is 0 Å². The molecule has 3 rings (SSSR count). The van der Waals surface area contributed by atoms with Crippen LogP contribution in [-0.2, 0) is 25.3 Å². The first-order valence-electron chi connectivity index (χ1n) is 10.7. The summed E-state index contributed by atoms with van der Waals surface area (Å²) in [6.07, 6.45) is -3.52. The van der Waals surface area contributed by atoms with E-state index in [9.17, 15) is 18.1 Å². The molecule has 0 spiro atoms. The average molecular weight is 512 g/mol. The van der Waals surface area contributed by atoms with Crippen molar-refractivity contribution < 1.29 is 32.1 Å². The topological polar surface area (TPSA) is 143 Å². The number of carbonyl (C=O) groups excluding carboxylic acids is 1. The smallest absolute Gasteiger partial charge is 0.342 e. The van der Waals surface area contributed by atoms with Crippen LogP contribution in [0.15, 0.2) is 42.9 Å². The lowest BCUT2D eigenvalue weighted by Crippen LogP contribution is -2.37. The summed E-state index contributed by atoms with van der Waals surface area (Å²) in [5.41, 5.74) is 6.31. The number of para-hydroxylation sites is 1. The minimum atomic E-state index is -4.01. The monoisotopic (exact) mass is 512 g/mol. The van der Waals surface area contributed by atoms with E-state index >= 15 is 0 Å². The SMILES string of the molecule is CC(C)OC(=O)[C@H](C)N[P@@](=O)(CO[C@@H](Cc1cnn2c(N)ncnc12)C(F)F)Oc1ccccc1. The summed E-state index contributed by atoms with van der Waals surface area (Å²) in [7, 11) is -4.01. The lowest BCUT2D eigenvalue weighted by molar-refractivity contribution is -0.149. The first-order valence-corrected chi connectivity index (χ1v) is 12.5. The van der Waals surface area contributed by atoms with Crippen molar-refractivity contribution in [2.45, 2.75) is 51.9 Å². The van der Waals surface area contributed by atoms with Crippen LogP contribution in [0.25, 0.3) is 5.65 Å². The number of rotatable bonds is 12. The Hall–Kier alpha value is -3.15. The van der Waals surface area contributed by atoms with Gasteiger partial charge >= 0.3 is 13.5 Å². The number of halogens is 2. The molecule has 0 radical (unpaired) electrons. The number of hydrogen-bond acceptors (Lipinski definition) is 9. The molecule has 2 aromatic heterocycles. The number of anilines is 1. The van der Waals surface area contributed by atoms with Crippen molar-refractivity contribution in [1.29, 1.82) is 0 Å². The molecule has 0 unspecified atom stereocenters. The highest BCUT2D eigenvalue weighted by atomic mass is 31.2. The third kappa shape index (κ3) is 7.17. The molecule has 0 aliphatic heterocycles. The number of alkyl halides is 2. The van der Waals surface area contributed by atoms with Gasteiger partial charge in [-0.05, 0) is 32.9 Å². The largest absolute Gasteiger partial charge is 0.462 e. The highest BCUT2D eigenvalue weighted by molar-refractivity contribution is 7.57. The Bertz CT molecular complexity index is 1180. The lowest BCUT2D eigenvalue weighted by Gasteiger charge is -2.26. The second-order valence-electron chi connectivity index (χ2n) is 7.92. The highest BCUT2D eigenvalue weighted by Crippen LogP contribution is 2.44. The van der Waals surface area contributed by atoms with Gasteiger partial charge in [0.1, 0.15) is 30.6 Å². The molecule has 11 nitrogen and oxygen atoms in total. The summed E-state index contributed by atoms with van der Waals surface area (Å²) in [6, 6.07) is 7.05. The fourth-order valence-electron chi connectivity index (χ4n) is 3.08. The molecule has 0 amide bonds.